The van der Waals surface area contributed by atoms with Gasteiger partial charge in [0.2, 0.25) is 0 Å². The van der Waals surface area contributed by atoms with Gasteiger partial charge in [0, 0.05) is 29.8 Å². The van der Waals surface area contributed by atoms with Crippen molar-refractivity contribution in [1.82, 2.24) is 14.4 Å². The molecule has 2 aromatic heterocycles. The SMILES string of the molecule is C#C.C=C(CCCC(/C=C\C)=C/C)c1ccc(-c2cn3ccnc3c(Nc3ccc(C)c(C)c3)n2)cc1.CC.CC. The minimum Gasteiger partial charge on any atom is -0.337 e. The number of anilines is 2. The van der Waals surface area contributed by atoms with Gasteiger partial charge in [0.05, 0.1) is 5.69 Å². The van der Waals surface area contributed by atoms with E-state index in [1.54, 1.807) is 6.20 Å². The second kappa shape index (κ2) is 18.8. The summed E-state index contributed by atoms with van der Waals surface area (Å²) in [6.07, 6.45) is 23.4. The van der Waals surface area contributed by atoms with E-state index >= 15 is 0 Å². The van der Waals surface area contributed by atoms with Gasteiger partial charge in [0.15, 0.2) is 11.5 Å². The number of aromatic nitrogens is 3. The molecule has 0 aliphatic carbocycles. The Balaban J connectivity index is 0.00000131. The maximum atomic E-state index is 4.93. The highest BCUT2D eigenvalue weighted by Crippen LogP contribution is 2.27. The second-order valence-electron chi connectivity index (χ2n) is 8.95. The summed E-state index contributed by atoms with van der Waals surface area (Å²) in [5.74, 6) is 0.741. The summed E-state index contributed by atoms with van der Waals surface area (Å²) in [4.78, 5) is 9.44. The van der Waals surface area contributed by atoms with E-state index in [2.05, 4.69) is 118 Å². The van der Waals surface area contributed by atoms with E-state index in [0.29, 0.717) is 0 Å². The molecule has 0 aliphatic heterocycles. The van der Waals surface area contributed by atoms with Gasteiger partial charge in [-0.1, -0.05) is 88.4 Å². The number of hydrogen-bond acceptors (Lipinski definition) is 3. The molecule has 2 aromatic carbocycles. The molecule has 1 N–H and O–H groups in total. The van der Waals surface area contributed by atoms with Crippen LogP contribution in [-0.2, 0) is 0 Å². The van der Waals surface area contributed by atoms with Crippen molar-refractivity contribution in [2.24, 2.45) is 0 Å². The summed E-state index contributed by atoms with van der Waals surface area (Å²) in [6.45, 7) is 20.7. The molecule has 4 heteroatoms. The summed E-state index contributed by atoms with van der Waals surface area (Å²) in [5, 5.41) is 3.47. The van der Waals surface area contributed by atoms with E-state index in [-0.39, 0.29) is 0 Å². The van der Waals surface area contributed by atoms with Crippen molar-refractivity contribution in [2.45, 2.75) is 74.7 Å². The Kier molecular flexibility index (Phi) is 15.9. The van der Waals surface area contributed by atoms with Crippen LogP contribution >= 0.6 is 0 Å². The molecule has 0 atom stereocenters. The summed E-state index contributed by atoms with van der Waals surface area (Å²) in [6, 6.07) is 14.9. The zero-order valence-corrected chi connectivity index (χ0v) is 26.3. The maximum absolute atomic E-state index is 4.93. The van der Waals surface area contributed by atoms with Crippen LogP contribution in [0.3, 0.4) is 0 Å². The molecule has 216 valence electrons. The van der Waals surface area contributed by atoms with Gasteiger partial charge in [-0.3, -0.25) is 0 Å². The second-order valence-corrected chi connectivity index (χ2v) is 8.95. The fourth-order valence-electron chi connectivity index (χ4n) is 4.18. The predicted octanol–water partition coefficient (Wildman–Crippen LogP) is 10.8. The molecule has 4 nitrogen and oxygen atoms in total. The first-order chi connectivity index (χ1) is 20.0. The standard InChI is InChI=1S/C31H34N4.2C2H6.C2H2/c1-6-9-25(7-2)11-8-10-23(4)26-13-15-27(16-14-26)29-21-35-19-18-32-31(35)30(34-29)33-28-17-12-22(3)24(5)20-28;3*1-2/h6-7,9,12-21H,4,8,10-11H2,1-3,5H3,(H,33,34);2*1-2H3;1-2H/b9-6-,25-7+;;;. The Morgan fingerprint density at radius 1 is 0.951 bits per heavy atom. The van der Waals surface area contributed by atoms with Crippen LogP contribution in [0.15, 0.2) is 91.4 Å². The first-order valence-corrected chi connectivity index (χ1v) is 14.6. The number of allylic oxidation sites excluding steroid dienone is 5. The monoisotopic (exact) mass is 548 g/mol. The van der Waals surface area contributed by atoms with Crippen LogP contribution in [0, 0.1) is 26.7 Å². The lowest BCUT2D eigenvalue weighted by Gasteiger charge is -2.12. The predicted molar refractivity (Wildman–Crippen MR) is 182 cm³/mol. The molecular formula is C37H48N4. The maximum Gasteiger partial charge on any atom is 0.180 e. The van der Waals surface area contributed by atoms with Crippen LogP contribution in [0.25, 0.3) is 22.5 Å². The Morgan fingerprint density at radius 3 is 2.24 bits per heavy atom. The van der Waals surface area contributed by atoms with Crippen LogP contribution in [0.5, 0.6) is 0 Å². The van der Waals surface area contributed by atoms with Crippen molar-refractivity contribution in [3.05, 3.63) is 108 Å². The van der Waals surface area contributed by atoms with E-state index in [0.717, 1.165) is 47.7 Å². The molecule has 0 saturated heterocycles. The highest BCUT2D eigenvalue weighted by atomic mass is 15.1. The average molecular weight is 549 g/mol. The Hall–Kier alpha value is -4.36. The number of nitrogens with one attached hydrogen (secondary N) is 1. The molecular weight excluding hydrogens is 500 g/mol. The molecule has 0 radical (unpaired) electrons. The number of fused-ring (bicyclic) bond motifs is 1. The summed E-state index contributed by atoms with van der Waals surface area (Å²) < 4.78 is 2.02. The van der Waals surface area contributed by atoms with Gasteiger partial charge >= 0.3 is 0 Å². The van der Waals surface area contributed by atoms with Gasteiger partial charge in [-0.05, 0) is 81.4 Å². The lowest BCUT2D eigenvalue weighted by molar-refractivity contribution is 0.856. The number of benzene rings is 2. The smallest absolute Gasteiger partial charge is 0.180 e. The van der Waals surface area contributed by atoms with Crippen LogP contribution in [0.4, 0.5) is 11.5 Å². The van der Waals surface area contributed by atoms with Gasteiger partial charge in [0.1, 0.15) is 0 Å². The van der Waals surface area contributed by atoms with Gasteiger partial charge in [-0.15, -0.1) is 12.8 Å². The van der Waals surface area contributed by atoms with E-state index in [4.69, 9.17) is 4.98 Å². The Labute approximate surface area is 249 Å². The summed E-state index contributed by atoms with van der Waals surface area (Å²) in [7, 11) is 0. The van der Waals surface area contributed by atoms with Crippen molar-refractivity contribution in [1.29, 1.82) is 0 Å². The van der Waals surface area contributed by atoms with Crippen molar-refractivity contribution in [3.8, 4) is 24.1 Å². The molecule has 0 spiro atoms. The fourth-order valence-corrected chi connectivity index (χ4v) is 4.18. The number of hydrogen-bond donors (Lipinski definition) is 1. The molecule has 0 unspecified atom stereocenters. The summed E-state index contributed by atoms with van der Waals surface area (Å²) in [5.41, 5.74) is 9.99. The van der Waals surface area contributed by atoms with Gasteiger partial charge < -0.3 is 9.72 Å². The van der Waals surface area contributed by atoms with Gasteiger partial charge in [0.25, 0.3) is 0 Å². The van der Waals surface area contributed by atoms with Crippen molar-refractivity contribution in [2.75, 3.05) is 5.32 Å². The first-order valence-electron chi connectivity index (χ1n) is 14.6. The molecule has 41 heavy (non-hydrogen) atoms. The highest BCUT2D eigenvalue weighted by molar-refractivity contribution is 5.75. The van der Waals surface area contributed by atoms with Crippen LogP contribution in [0.2, 0.25) is 0 Å². The Bertz CT molecular complexity index is 1430. The quantitative estimate of drug-likeness (QED) is 0.167. The number of aryl methyl sites for hydroxylation is 2. The highest BCUT2D eigenvalue weighted by Gasteiger charge is 2.11. The lowest BCUT2D eigenvalue weighted by atomic mass is 9.98. The molecule has 0 amide bonds. The zero-order valence-electron chi connectivity index (χ0n) is 26.3. The number of imidazole rings is 1. The molecule has 0 bridgehead atoms. The minimum absolute atomic E-state index is 0.741. The normalized spacial score (nSPS) is 10.5. The Morgan fingerprint density at radius 2 is 1.63 bits per heavy atom. The zero-order chi connectivity index (χ0) is 30.8. The van der Waals surface area contributed by atoms with E-state index in [1.807, 2.05) is 44.5 Å². The minimum atomic E-state index is 0.741. The topological polar surface area (TPSA) is 42.2 Å². The van der Waals surface area contributed by atoms with Gasteiger partial charge in [-0.2, -0.15) is 0 Å². The fraction of sp³-hybridized carbons (Fsp3) is 0.297. The van der Waals surface area contributed by atoms with E-state index in [9.17, 15) is 0 Å². The molecule has 2 heterocycles. The molecule has 0 fully saturated rings. The average Bonchev–Trinajstić information content (AvgIpc) is 3.51. The third-order valence-electron chi connectivity index (χ3n) is 6.43. The van der Waals surface area contributed by atoms with Crippen LogP contribution < -0.4 is 5.32 Å². The third kappa shape index (κ3) is 9.96. The van der Waals surface area contributed by atoms with Crippen LogP contribution in [0.1, 0.15) is 77.5 Å². The van der Waals surface area contributed by atoms with Crippen molar-refractivity contribution >= 4 is 22.7 Å². The van der Waals surface area contributed by atoms with Gasteiger partial charge in [-0.25, -0.2) is 9.97 Å². The summed E-state index contributed by atoms with van der Waals surface area (Å²) >= 11 is 0. The van der Waals surface area contributed by atoms with E-state index in [1.165, 1.54) is 27.8 Å². The molecule has 0 saturated carbocycles. The largest absolute Gasteiger partial charge is 0.337 e. The first kappa shape index (κ1) is 34.7. The van der Waals surface area contributed by atoms with Crippen molar-refractivity contribution < 1.29 is 0 Å². The third-order valence-corrected chi connectivity index (χ3v) is 6.43. The molecule has 0 aliphatic rings. The lowest BCUT2D eigenvalue weighted by Crippen LogP contribution is -2.01. The van der Waals surface area contributed by atoms with Crippen LogP contribution in [-0.4, -0.2) is 14.4 Å². The number of terminal acetylenes is 1. The molecule has 4 rings (SSSR count). The number of rotatable bonds is 9. The van der Waals surface area contributed by atoms with Crippen molar-refractivity contribution in [3.63, 3.8) is 0 Å². The number of nitrogens with zero attached hydrogens (tertiary/aromatic N) is 3. The molecule has 4 aromatic rings. The van der Waals surface area contributed by atoms with E-state index < -0.39 is 0 Å².